The first-order valence-corrected chi connectivity index (χ1v) is 4.75. The minimum Gasteiger partial charge on any atom is -0.378 e. The number of benzene rings is 1. The molecule has 0 bridgehead atoms. The molecule has 0 saturated carbocycles. The highest BCUT2D eigenvalue weighted by atomic mass is 16.6. The van der Waals surface area contributed by atoms with Crippen LogP contribution in [0, 0.1) is 17.0 Å². The summed E-state index contributed by atoms with van der Waals surface area (Å²) in [6.07, 6.45) is 0. The molecule has 5 heteroatoms. The van der Waals surface area contributed by atoms with Crippen molar-refractivity contribution in [3.05, 3.63) is 33.9 Å². The van der Waals surface area contributed by atoms with Crippen LogP contribution < -0.4 is 11.1 Å². The maximum atomic E-state index is 10.8. The second kappa shape index (κ2) is 4.75. The fourth-order valence-electron chi connectivity index (χ4n) is 1.21. The summed E-state index contributed by atoms with van der Waals surface area (Å²) in [7, 11) is 0. The van der Waals surface area contributed by atoms with Crippen molar-refractivity contribution in [2.24, 2.45) is 5.73 Å². The fourth-order valence-corrected chi connectivity index (χ4v) is 1.21. The summed E-state index contributed by atoms with van der Waals surface area (Å²) in [6, 6.07) is 5.04. The van der Waals surface area contributed by atoms with Crippen LogP contribution in [0.15, 0.2) is 18.2 Å². The van der Waals surface area contributed by atoms with Crippen molar-refractivity contribution in [3.63, 3.8) is 0 Å². The lowest BCUT2D eigenvalue weighted by atomic mass is 10.2. The molecule has 0 fully saturated rings. The summed E-state index contributed by atoms with van der Waals surface area (Å²) in [5.41, 5.74) is 7.04. The molecule has 0 saturated heterocycles. The molecule has 0 radical (unpaired) electrons. The van der Waals surface area contributed by atoms with Gasteiger partial charge in [0.05, 0.1) is 4.92 Å². The van der Waals surface area contributed by atoms with E-state index >= 15 is 0 Å². The predicted molar refractivity (Wildman–Crippen MR) is 60.0 cm³/mol. The third-order valence-electron chi connectivity index (χ3n) is 1.96. The number of hydrogen-bond acceptors (Lipinski definition) is 4. The highest BCUT2D eigenvalue weighted by molar-refractivity contribution is 5.62. The van der Waals surface area contributed by atoms with Crippen LogP contribution >= 0.6 is 0 Å². The van der Waals surface area contributed by atoms with Crippen LogP contribution in [0.4, 0.5) is 11.4 Å². The molecule has 0 amide bonds. The maximum absolute atomic E-state index is 10.8. The topological polar surface area (TPSA) is 81.2 Å². The van der Waals surface area contributed by atoms with Crippen molar-refractivity contribution in [2.45, 2.75) is 19.9 Å². The van der Waals surface area contributed by atoms with Crippen molar-refractivity contribution in [1.29, 1.82) is 0 Å². The van der Waals surface area contributed by atoms with Crippen LogP contribution in [-0.4, -0.2) is 17.5 Å². The van der Waals surface area contributed by atoms with E-state index in [-0.39, 0.29) is 11.7 Å². The van der Waals surface area contributed by atoms with E-state index in [0.29, 0.717) is 12.2 Å². The molecule has 5 nitrogen and oxygen atoms in total. The maximum Gasteiger partial charge on any atom is 0.292 e. The average molecular weight is 209 g/mol. The number of nitrogens with two attached hydrogens (primary N) is 1. The van der Waals surface area contributed by atoms with Gasteiger partial charge in [0.1, 0.15) is 5.69 Å². The minimum atomic E-state index is -0.392. The summed E-state index contributed by atoms with van der Waals surface area (Å²) in [5.74, 6) is 0. The molecule has 3 N–H and O–H groups in total. The van der Waals surface area contributed by atoms with Gasteiger partial charge in [-0.2, -0.15) is 0 Å². The molecule has 0 aromatic heterocycles. The van der Waals surface area contributed by atoms with Gasteiger partial charge in [0.15, 0.2) is 0 Å². The quantitative estimate of drug-likeness (QED) is 0.583. The summed E-state index contributed by atoms with van der Waals surface area (Å²) < 4.78 is 0. The zero-order chi connectivity index (χ0) is 11.4. The molecule has 1 aromatic rings. The molecular formula is C10H15N3O2. The van der Waals surface area contributed by atoms with Gasteiger partial charge < -0.3 is 11.1 Å². The first-order valence-electron chi connectivity index (χ1n) is 4.75. The van der Waals surface area contributed by atoms with Crippen LogP contribution in [0.25, 0.3) is 0 Å². The largest absolute Gasteiger partial charge is 0.378 e. The summed E-state index contributed by atoms with van der Waals surface area (Å²) >= 11 is 0. The number of nitrogens with one attached hydrogen (secondary N) is 1. The lowest BCUT2D eigenvalue weighted by Gasteiger charge is -2.09. The van der Waals surface area contributed by atoms with Gasteiger partial charge in [0.25, 0.3) is 5.69 Å². The lowest BCUT2D eigenvalue weighted by molar-refractivity contribution is -0.384. The first-order chi connectivity index (χ1) is 7.00. The third-order valence-corrected chi connectivity index (χ3v) is 1.96. The molecule has 1 atom stereocenters. The van der Waals surface area contributed by atoms with E-state index in [4.69, 9.17) is 5.73 Å². The second-order valence-corrected chi connectivity index (χ2v) is 3.64. The van der Waals surface area contributed by atoms with Crippen LogP contribution in [-0.2, 0) is 0 Å². The minimum absolute atomic E-state index is 0.0362. The van der Waals surface area contributed by atoms with Crippen molar-refractivity contribution in [3.8, 4) is 0 Å². The highest BCUT2D eigenvalue weighted by Crippen LogP contribution is 2.24. The molecule has 1 unspecified atom stereocenters. The van der Waals surface area contributed by atoms with Gasteiger partial charge in [-0.3, -0.25) is 10.1 Å². The Morgan fingerprint density at radius 2 is 2.27 bits per heavy atom. The van der Waals surface area contributed by atoms with Crippen LogP contribution in [0.2, 0.25) is 0 Å². The molecule has 15 heavy (non-hydrogen) atoms. The number of nitro groups is 1. The molecule has 1 aromatic carbocycles. The summed E-state index contributed by atoms with van der Waals surface area (Å²) in [5, 5.41) is 13.7. The average Bonchev–Trinajstić information content (AvgIpc) is 2.15. The van der Waals surface area contributed by atoms with Crippen molar-refractivity contribution < 1.29 is 4.92 Å². The van der Waals surface area contributed by atoms with E-state index < -0.39 is 4.92 Å². The van der Waals surface area contributed by atoms with Gasteiger partial charge in [0.2, 0.25) is 0 Å². The number of aryl methyl sites for hydroxylation is 1. The molecular weight excluding hydrogens is 194 g/mol. The normalized spacial score (nSPS) is 12.2. The number of rotatable bonds is 4. The predicted octanol–water partition coefficient (Wildman–Crippen LogP) is 1.66. The van der Waals surface area contributed by atoms with Gasteiger partial charge in [-0.05, 0) is 25.5 Å². The number of anilines is 1. The van der Waals surface area contributed by atoms with E-state index in [1.165, 1.54) is 0 Å². The molecule has 0 aliphatic carbocycles. The van der Waals surface area contributed by atoms with Crippen molar-refractivity contribution in [2.75, 3.05) is 11.9 Å². The highest BCUT2D eigenvalue weighted by Gasteiger charge is 2.13. The molecule has 0 heterocycles. The fraction of sp³-hybridized carbons (Fsp3) is 0.400. The van der Waals surface area contributed by atoms with Crippen LogP contribution in [0.3, 0.4) is 0 Å². The van der Waals surface area contributed by atoms with E-state index in [1.807, 2.05) is 19.9 Å². The van der Waals surface area contributed by atoms with E-state index in [2.05, 4.69) is 5.32 Å². The standard InChI is InChI=1S/C10H15N3O2/c1-7-3-4-9(12-6-8(2)11)10(5-7)13(14)15/h3-5,8,12H,6,11H2,1-2H3. The van der Waals surface area contributed by atoms with Crippen LogP contribution in [0.5, 0.6) is 0 Å². The Labute approximate surface area is 88.4 Å². The zero-order valence-corrected chi connectivity index (χ0v) is 8.86. The van der Waals surface area contributed by atoms with E-state index in [9.17, 15) is 10.1 Å². The van der Waals surface area contributed by atoms with E-state index in [1.54, 1.807) is 12.1 Å². The monoisotopic (exact) mass is 209 g/mol. The van der Waals surface area contributed by atoms with Gasteiger partial charge in [-0.25, -0.2) is 0 Å². The Hall–Kier alpha value is -1.62. The molecule has 0 spiro atoms. The van der Waals surface area contributed by atoms with Crippen molar-refractivity contribution >= 4 is 11.4 Å². The Kier molecular flexibility index (Phi) is 3.62. The van der Waals surface area contributed by atoms with Gasteiger partial charge in [-0.15, -0.1) is 0 Å². The Morgan fingerprint density at radius 3 is 2.80 bits per heavy atom. The second-order valence-electron chi connectivity index (χ2n) is 3.64. The number of nitrogens with zero attached hydrogens (tertiary/aromatic N) is 1. The summed E-state index contributed by atoms with van der Waals surface area (Å²) in [6.45, 7) is 4.18. The van der Waals surface area contributed by atoms with Crippen LogP contribution in [0.1, 0.15) is 12.5 Å². The first kappa shape index (κ1) is 11.5. The lowest BCUT2D eigenvalue weighted by Crippen LogP contribution is -2.25. The summed E-state index contributed by atoms with van der Waals surface area (Å²) in [4.78, 5) is 10.4. The molecule has 82 valence electrons. The van der Waals surface area contributed by atoms with E-state index in [0.717, 1.165) is 5.56 Å². The van der Waals surface area contributed by atoms with Gasteiger partial charge in [0, 0.05) is 18.7 Å². The third kappa shape index (κ3) is 3.21. The zero-order valence-electron chi connectivity index (χ0n) is 8.86. The van der Waals surface area contributed by atoms with Crippen molar-refractivity contribution in [1.82, 2.24) is 0 Å². The number of nitro benzene ring substituents is 1. The smallest absolute Gasteiger partial charge is 0.292 e. The van der Waals surface area contributed by atoms with Gasteiger partial charge in [-0.1, -0.05) is 6.07 Å². The number of hydrogen-bond donors (Lipinski definition) is 2. The molecule has 1 rings (SSSR count). The SMILES string of the molecule is Cc1ccc(NCC(C)N)c([N+](=O)[O-])c1. The Bertz CT molecular complexity index is 364. The van der Waals surface area contributed by atoms with Gasteiger partial charge >= 0.3 is 0 Å². The molecule has 0 aliphatic rings. The Balaban J connectivity index is 2.91. The molecule has 0 aliphatic heterocycles. The Morgan fingerprint density at radius 1 is 1.60 bits per heavy atom.